The molecule has 0 unspecified atom stereocenters. The van der Waals surface area contributed by atoms with Gasteiger partial charge in [0.2, 0.25) is 17.7 Å². The van der Waals surface area contributed by atoms with Gasteiger partial charge >= 0.3 is 6.18 Å². The first-order valence-electron chi connectivity index (χ1n) is 12.1. The van der Waals surface area contributed by atoms with Crippen molar-refractivity contribution in [3.63, 3.8) is 0 Å². The zero-order valence-corrected chi connectivity index (χ0v) is 21.5. The van der Waals surface area contributed by atoms with E-state index in [4.69, 9.17) is 0 Å². The highest BCUT2D eigenvalue weighted by Crippen LogP contribution is 2.37. The van der Waals surface area contributed by atoms with Crippen LogP contribution in [0, 0.1) is 5.82 Å². The lowest BCUT2D eigenvalue weighted by Crippen LogP contribution is -2.52. The number of benzene rings is 2. The van der Waals surface area contributed by atoms with Gasteiger partial charge in [0.1, 0.15) is 23.4 Å². The number of hydrogen-bond acceptors (Lipinski definition) is 4. The Morgan fingerprint density at radius 2 is 1.63 bits per heavy atom. The second-order valence-electron chi connectivity index (χ2n) is 9.08. The van der Waals surface area contributed by atoms with Crippen molar-refractivity contribution in [1.82, 2.24) is 5.32 Å². The molecule has 0 heterocycles. The molecule has 3 amide bonds. The summed E-state index contributed by atoms with van der Waals surface area (Å²) < 4.78 is 67.1. The zero-order valence-electron chi connectivity index (χ0n) is 20.7. The molecule has 0 aliphatic heterocycles. The molecule has 2 aromatic rings. The predicted octanol–water partition coefficient (Wildman–Crippen LogP) is 4.40. The molecule has 0 bridgehead atoms. The monoisotopic (exact) mass is 555 g/mol. The maximum atomic E-state index is 13.8. The summed E-state index contributed by atoms with van der Waals surface area (Å²) in [5.74, 6) is -4.28. The molecule has 0 spiro atoms. The molecule has 1 saturated carbocycles. The fraction of sp³-hybridized carbons (Fsp3) is 0.423. The van der Waals surface area contributed by atoms with E-state index in [2.05, 4.69) is 10.6 Å². The number of rotatable bonds is 9. The van der Waals surface area contributed by atoms with E-state index in [-0.39, 0.29) is 11.7 Å². The fourth-order valence-electron chi connectivity index (χ4n) is 4.30. The Morgan fingerprint density at radius 1 is 1.00 bits per heavy atom. The summed E-state index contributed by atoms with van der Waals surface area (Å²) in [6.07, 6.45) is -0.484. The van der Waals surface area contributed by atoms with Crippen LogP contribution in [0.1, 0.15) is 44.6 Å². The Morgan fingerprint density at radius 3 is 2.26 bits per heavy atom. The lowest BCUT2D eigenvalue weighted by atomic mass is 9.95. The second kappa shape index (κ2) is 13.0. The maximum absolute atomic E-state index is 13.8. The molecule has 0 saturated heterocycles. The van der Waals surface area contributed by atoms with Crippen LogP contribution in [-0.4, -0.2) is 45.5 Å². The summed E-state index contributed by atoms with van der Waals surface area (Å²) in [5, 5.41) is 5.23. The van der Waals surface area contributed by atoms with Gasteiger partial charge in [0.05, 0.1) is 11.3 Å². The van der Waals surface area contributed by atoms with Crippen molar-refractivity contribution < 1.29 is 36.2 Å². The van der Waals surface area contributed by atoms with Gasteiger partial charge in [-0.05, 0) is 56.2 Å². The van der Waals surface area contributed by atoms with Crippen LogP contribution in [0.2, 0.25) is 0 Å². The Hall–Kier alpha value is -3.28. The number of carbonyl (C=O) groups excluding carboxylic acids is 3. The first kappa shape index (κ1) is 29.3. The number of alkyl halides is 3. The molecule has 2 atom stereocenters. The van der Waals surface area contributed by atoms with Gasteiger partial charge in [0.15, 0.2) is 0 Å². The molecule has 38 heavy (non-hydrogen) atoms. The van der Waals surface area contributed by atoms with Crippen molar-refractivity contribution >= 4 is 39.9 Å². The van der Waals surface area contributed by atoms with Gasteiger partial charge in [-0.1, -0.05) is 31.4 Å². The van der Waals surface area contributed by atoms with Crippen LogP contribution >= 0.6 is 0 Å². The lowest BCUT2D eigenvalue weighted by molar-refractivity contribution is -0.137. The van der Waals surface area contributed by atoms with Crippen LogP contribution in [0.5, 0.6) is 0 Å². The van der Waals surface area contributed by atoms with Crippen molar-refractivity contribution in [2.24, 2.45) is 0 Å². The molecule has 1 fully saturated rings. The van der Waals surface area contributed by atoms with Gasteiger partial charge < -0.3 is 10.6 Å². The quantitative estimate of drug-likeness (QED) is 0.449. The number of hydrogen-bond donors (Lipinski definition) is 2. The van der Waals surface area contributed by atoms with Crippen molar-refractivity contribution in [2.75, 3.05) is 21.7 Å². The van der Waals surface area contributed by atoms with Gasteiger partial charge in [0.25, 0.3) is 0 Å². The van der Waals surface area contributed by atoms with Gasteiger partial charge in [-0.25, -0.2) is 4.39 Å². The van der Waals surface area contributed by atoms with E-state index >= 15 is 0 Å². The molecular formula is C26H29F4N3O4S. The molecule has 7 nitrogen and oxygen atoms in total. The van der Waals surface area contributed by atoms with Crippen LogP contribution in [-0.2, 0) is 31.4 Å². The smallest absolute Gasteiger partial charge is 0.352 e. The van der Waals surface area contributed by atoms with E-state index in [1.54, 1.807) is 0 Å². The Kier molecular flexibility index (Phi) is 10.0. The van der Waals surface area contributed by atoms with Gasteiger partial charge in [-0.3, -0.25) is 23.5 Å². The first-order valence-corrected chi connectivity index (χ1v) is 13.6. The molecule has 1 aliphatic rings. The molecule has 2 N–H and O–H groups in total. The topological polar surface area (TPSA) is 95.6 Å². The van der Waals surface area contributed by atoms with E-state index in [1.807, 2.05) is 0 Å². The van der Waals surface area contributed by atoms with Crippen molar-refractivity contribution in [3.8, 4) is 0 Å². The minimum atomic E-state index is -4.82. The van der Waals surface area contributed by atoms with Gasteiger partial charge in [0, 0.05) is 22.5 Å². The van der Waals surface area contributed by atoms with Crippen LogP contribution in [0.15, 0.2) is 48.5 Å². The van der Waals surface area contributed by atoms with E-state index in [0.717, 1.165) is 56.4 Å². The average molecular weight is 556 g/mol. The number of anilines is 2. The van der Waals surface area contributed by atoms with Crippen molar-refractivity contribution in [3.05, 3.63) is 59.9 Å². The normalized spacial score (nSPS) is 15.8. The van der Waals surface area contributed by atoms with E-state index in [1.165, 1.54) is 31.2 Å². The van der Waals surface area contributed by atoms with Crippen LogP contribution in [0.3, 0.4) is 0 Å². The highest BCUT2D eigenvalue weighted by Gasteiger charge is 2.39. The third kappa shape index (κ3) is 8.11. The summed E-state index contributed by atoms with van der Waals surface area (Å²) in [4.78, 5) is 39.2. The third-order valence-corrected chi connectivity index (χ3v) is 7.31. The number of para-hydroxylation sites is 1. The Bertz CT molecular complexity index is 1170. The molecule has 0 aromatic heterocycles. The van der Waals surface area contributed by atoms with Crippen LogP contribution in [0.4, 0.5) is 28.9 Å². The molecule has 2 aromatic carbocycles. The molecule has 1 aliphatic carbocycles. The molecule has 3 rings (SSSR count). The first-order chi connectivity index (χ1) is 18.0. The van der Waals surface area contributed by atoms with E-state index in [9.17, 15) is 36.2 Å². The van der Waals surface area contributed by atoms with Gasteiger partial charge in [-0.2, -0.15) is 13.2 Å². The number of nitrogens with one attached hydrogen (secondary N) is 2. The predicted molar refractivity (Wildman–Crippen MR) is 136 cm³/mol. The van der Waals surface area contributed by atoms with Crippen LogP contribution in [0.25, 0.3) is 0 Å². The zero-order chi connectivity index (χ0) is 27.9. The lowest BCUT2D eigenvalue weighted by Gasteiger charge is -2.32. The number of nitrogens with zero attached hydrogens (tertiary/aromatic N) is 1. The summed E-state index contributed by atoms with van der Waals surface area (Å²) in [6.45, 7) is 1.31. The summed E-state index contributed by atoms with van der Waals surface area (Å²) in [6, 6.07) is 7.70. The Labute approximate surface area is 220 Å². The third-order valence-electron chi connectivity index (χ3n) is 6.16. The minimum Gasteiger partial charge on any atom is -0.352 e. The molecular weight excluding hydrogens is 526 g/mol. The standard InChI is InChI=1S/C26H29F4N3O4S/c1-17(25(36)32-19-7-3-2-4-8-19)33(22-10-6-5-9-21(22)26(28,29)30)24(35)16-38(37)15-23(34)31-20-13-11-18(27)12-14-20/h5-6,9-14,17,19H,2-4,7-8,15-16H2,1H3,(H,31,34)(H,32,36)/t17-,38-/m0/s1. The summed E-state index contributed by atoms with van der Waals surface area (Å²) in [5.41, 5.74) is -1.41. The SMILES string of the molecule is C[C@@H](C(=O)NC1CCCCC1)N(C(=O)C[S@@](=O)CC(=O)Nc1ccc(F)cc1)c1ccccc1C(F)(F)F. The summed E-state index contributed by atoms with van der Waals surface area (Å²) in [7, 11) is -2.11. The second-order valence-corrected chi connectivity index (χ2v) is 10.5. The minimum absolute atomic E-state index is 0.141. The molecule has 0 radical (unpaired) electrons. The average Bonchev–Trinajstić information content (AvgIpc) is 2.85. The number of amides is 3. The van der Waals surface area contributed by atoms with Gasteiger partial charge in [-0.15, -0.1) is 0 Å². The van der Waals surface area contributed by atoms with E-state index in [0.29, 0.717) is 4.90 Å². The highest BCUT2D eigenvalue weighted by atomic mass is 32.2. The highest BCUT2D eigenvalue weighted by molar-refractivity contribution is 7.86. The van der Waals surface area contributed by atoms with Crippen molar-refractivity contribution in [2.45, 2.75) is 57.3 Å². The molecule has 12 heteroatoms. The molecule has 206 valence electrons. The maximum Gasteiger partial charge on any atom is 0.418 e. The van der Waals surface area contributed by atoms with E-state index < -0.39 is 69.3 Å². The summed E-state index contributed by atoms with van der Waals surface area (Å²) >= 11 is 0. The van der Waals surface area contributed by atoms with Crippen molar-refractivity contribution in [1.29, 1.82) is 0 Å². The fourth-order valence-corrected chi connectivity index (χ4v) is 5.18. The van der Waals surface area contributed by atoms with Crippen LogP contribution < -0.4 is 15.5 Å². The Balaban J connectivity index is 1.78. The largest absolute Gasteiger partial charge is 0.418 e. The number of carbonyl (C=O) groups is 3. The number of halogens is 4.